The van der Waals surface area contributed by atoms with E-state index in [-0.39, 0.29) is 11.1 Å². The molecule has 0 bridgehead atoms. The molecule has 0 aliphatic carbocycles. The summed E-state index contributed by atoms with van der Waals surface area (Å²) in [6, 6.07) is 11.6. The number of nitrogens with zero attached hydrogens (tertiary/aromatic N) is 1. The predicted octanol–water partition coefficient (Wildman–Crippen LogP) is 3.62. The van der Waals surface area contributed by atoms with Gasteiger partial charge in [-0.3, -0.25) is 20.4 Å². The molecule has 0 atom stereocenters. The van der Waals surface area contributed by atoms with Crippen LogP contribution in [0.1, 0.15) is 27.6 Å². The molecule has 0 aliphatic heterocycles. The van der Waals surface area contributed by atoms with Crippen LogP contribution < -0.4 is 25.1 Å². The van der Waals surface area contributed by atoms with E-state index in [1.807, 2.05) is 31.5 Å². The molecule has 2 amide bonds. The van der Waals surface area contributed by atoms with Crippen molar-refractivity contribution >= 4 is 23.4 Å². The van der Waals surface area contributed by atoms with Gasteiger partial charge in [-0.15, -0.1) is 0 Å². The van der Waals surface area contributed by atoms with Crippen molar-refractivity contribution < 1.29 is 23.8 Å². The molecule has 1 aromatic heterocycles. The first kappa shape index (κ1) is 22.0. The van der Waals surface area contributed by atoms with E-state index in [1.165, 1.54) is 26.4 Å². The Hall–Kier alpha value is -3.65. The summed E-state index contributed by atoms with van der Waals surface area (Å²) in [5, 5.41) is 0.352. The minimum atomic E-state index is -0.580. The van der Waals surface area contributed by atoms with Crippen molar-refractivity contribution in [2.45, 2.75) is 6.92 Å². The van der Waals surface area contributed by atoms with Crippen LogP contribution in [0.15, 0.2) is 54.9 Å². The summed E-state index contributed by atoms with van der Waals surface area (Å²) in [4.78, 5) is 25.1. The van der Waals surface area contributed by atoms with Gasteiger partial charge in [-0.05, 0) is 43.3 Å². The van der Waals surface area contributed by atoms with Crippen LogP contribution in [-0.4, -0.2) is 37.2 Å². The van der Waals surface area contributed by atoms with Crippen molar-refractivity contribution in [1.29, 1.82) is 0 Å². The molecule has 9 heteroatoms. The quantitative estimate of drug-likeness (QED) is 0.544. The van der Waals surface area contributed by atoms with E-state index in [1.54, 1.807) is 22.8 Å². The standard InChI is InChI=1S/C22H22ClN3O5/c1-4-31-18-8-7-14(11-20(18)30-3)21(27)24-25-22(28)15-12-16(23)17(13-19(15)29-2)26-9-5-6-10-26/h5-13H,4H2,1-3H3,(H,24,27)(H,25,28). The van der Waals surface area contributed by atoms with E-state index in [4.69, 9.17) is 25.8 Å². The number of carbonyl (C=O) groups excluding carboxylic acids is 2. The molecule has 0 unspecified atom stereocenters. The molecule has 31 heavy (non-hydrogen) atoms. The average molecular weight is 444 g/mol. The van der Waals surface area contributed by atoms with Crippen LogP contribution in [0.4, 0.5) is 0 Å². The molecule has 0 saturated carbocycles. The van der Waals surface area contributed by atoms with E-state index >= 15 is 0 Å². The van der Waals surface area contributed by atoms with Gasteiger partial charge in [0.1, 0.15) is 5.75 Å². The number of hydrogen-bond acceptors (Lipinski definition) is 5. The van der Waals surface area contributed by atoms with Crippen molar-refractivity contribution in [3.63, 3.8) is 0 Å². The molecule has 3 rings (SSSR count). The second-order valence-electron chi connectivity index (χ2n) is 6.30. The fourth-order valence-corrected chi connectivity index (χ4v) is 3.18. The minimum Gasteiger partial charge on any atom is -0.496 e. The van der Waals surface area contributed by atoms with Crippen LogP contribution in [0.3, 0.4) is 0 Å². The molecule has 0 spiro atoms. The summed E-state index contributed by atoms with van der Waals surface area (Å²) < 4.78 is 17.8. The number of rotatable bonds is 7. The third-order valence-corrected chi connectivity index (χ3v) is 4.71. The molecule has 0 aliphatic rings. The molecule has 2 N–H and O–H groups in total. The fraction of sp³-hybridized carbons (Fsp3) is 0.182. The summed E-state index contributed by atoms with van der Waals surface area (Å²) in [7, 11) is 2.93. The number of ether oxygens (including phenoxy) is 3. The average Bonchev–Trinajstić information content (AvgIpc) is 3.32. The molecule has 0 fully saturated rings. The first-order chi connectivity index (χ1) is 15.0. The zero-order chi connectivity index (χ0) is 22.4. The van der Waals surface area contributed by atoms with Gasteiger partial charge in [-0.2, -0.15) is 0 Å². The molecular weight excluding hydrogens is 422 g/mol. The third-order valence-electron chi connectivity index (χ3n) is 4.41. The Morgan fingerprint density at radius 3 is 2.26 bits per heavy atom. The van der Waals surface area contributed by atoms with Gasteiger partial charge >= 0.3 is 0 Å². The summed E-state index contributed by atoms with van der Waals surface area (Å²) >= 11 is 6.36. The van der Waals surface area contributed by atoms with Crippen molar-refractivity contribution in [3.8, 4) is 22.9 Å². The van der Waals surface area contributed by atoms with Gasteiger partial charge in [-0.1, -0.05) is 11.6 Å². The van der Waals surface area contributed by atoms with Crippen LogP contribution in [0, 0.1) is 0 Å². The number of nitrogens with one attached hydrogen (secondary N) is 2. The Morgan fingerprint density at radius 1 is 0.935 bits per heavy atom. The summed E-state index contributed by atoms with van der Waals surface area (Å²) in [6.07, 6.45) is 3.65. The molecule has 0 saturated heterocycles. The number of halogens is 1. The Bertz CT molecular complexity index is 1080. The first-order valence-electron chi connectivity index (χ1n) is 9.40. The van der Waals surface area contributed by atoms with Crippen molar-refractivity contribution in [3.05, 3.63) is 71.0 Å². The lowest BCUT2D eigenvalue weighted by Crippen LogP contribution is -2.41. The first-order valence-corrected chi connectivity index (χ1v) is 9.78. The molecule has 162 valence electrons. The summed E-state index contributed by atoms with van der Waals surface area (Å²) in [5.74, 6) is 0.137. The van der Waals surface area contributed by atoms with Gasteiger partial charge in [0, 0.05) is 24.0 Å². The topological polar surface area (TPSA) is 90.8 Å². The summed E-state index contributed by atoms with van der Waals surface area (Å²) in [6.45, 7) is 2.31. The maximum absolute atomic E-state index is 12.7. The predicted molar refractivity (Wildman–Crippen MR) is 116 cm³/mol. The highest BCUT2D eigenvalue weighted by Gasteiger charge is 2.18. The minimum absolute atomic E-state index is 0.174. The lowest BCUT2D eigenvalue weighted by Gasteiger charge is -2.14. The second-order valence-corrected chi connectivity index (χ2v) is 6.71. The molecule has 0 radical (unpaired) electrons. The molecular formula is C22H22ClN3O5. The molecule has 2 aromatic carbocycles. The second kappa shape index (κ2) is 9.90. The van der Waals surface area contributed by atoms with E-state index in [0.29, 0.717) is 34.6 Å². The van der Waals surface area contributed by atoms with E-state index < -0.39 is 11.8 Å². The number of hydrazine groups is 1. The number of benzene rings is 2. The monoisotopic (exact) mass is 443 g/mol. The molecule has 8 nitrogen and oxygen atoms in total. The third kappa shape index (κ3) is 4.92. The van der Waals surface area contributed by atoms with Gasteiger partial charge in [0.2, 0.25) is 0 Å². The normalized spacial score (nSPS) is 10.3. The fourth-order valence-electron chi connectivity index (χ4n) is 2.92. The number of carbonyl (C=O) groups is 2. The lowest BCUT2D eigenvalue weighted by atomic mass is 10.1. The van der Waals surface area contributed by atoms with E-state index in [0.717, 1.165) is 0 Å². The van der Waals surface area contributed by atoms with Crippen LogP contribution in [0.5, 0.6) is 17.2 Å². The smallest absolute Gasteiger partial charge is 0.273 e. The largest absolute Gasteiger partial charge is 0.496 e. The number of methoxy groups -OCH3 is 2. The van der Waals surface area contributed by atoms with Gasteiger partial charge in [0.05, 0.1) is 37.1 Å². The van der Waals surface area contributed by atoms with Crippen molar-refractivity contribution in [2.75, 3.05) is 20.8 Å². The van der Waals surface area contributed by atoms with Crippen LogP contribution in [-0.2, 0) is 0 Å². The molecule has 3 aromatic rings. The van der Waals surface area contributed by atoms with Crippen molar-refractivity contribution in [1.82, 2.24) is 15.4 Å². The number of hydrogen-bond donors (Lipinski definition) is 2. The van der Waals surface area contributed by atoms with E-state index in [2.05, 4.69) is 10.9 Å². The highest BCUT2D eigenvalue weighted by Crippen LogP contribution is 2.30. The SMILES string of the molecule is CCOc1ccc(C(=O)NNC(=O)c2cc(Cl)c(-n3cccc3)cc2OC)cc1OC. The van der Waals surface area contributed by atoms with Crippen LogP contribution in [0.25, 0.3) is 5.69 Å². The van der Waals surface area contributed by atoms with E-state index in [9.17, 15) is 9.59 Å². The van der Waals surface area contributed by atoms with Gasteiger partial charge in [0.15, 0.2) is 11.5 Å². The van der Waals surface area contributed by atoms with Gasteiger partial charge in [0.25, 0.3) is 11.8 Å². The van der Waals surface area contributed by atoms with Crippen LogP contribution in [0.2, 0.25) is 5.02 Å². The maximum Gasteiger partial charge on any atom is 0.273 e. The zero-order valence-corrected chi connectivity index (χ0v) is 18.0. The maximum atomic E-state index is 12.7. The highest BCUT2D eigenvalue weighted by atomic mass is 35.5. The Kier molecular flexibility index (Phi) is 7.04. The molecule has 1 heterocycles. The number of aromatic nitrogens is 1. The number of amides is 2. The Labute approximate surface area is 184 Å². The van der Waals surface area contributed by atoms with Gasteiger partial charge in [-0.25, -0.2) is 0 Å². The Morgan fingerprint density at radius 2 is 1.61 bits per heavy atom. The van der Waals surface area contributed by atoms with Crippen LogP contribution >= 0.6 is 11.6 Å². The van der Waals surface area contributed by atoms with Crippen molar-refractivity contribution in [2.24, 2.45) is 0 Å². The Balaban J connectivity index is 1.75. The van der Waals surface area contributed by atoms with Gasteiger partial charge < -0.3 is 18.8 Å². The highest BCUT2D eigenvalue weighted by molar-refractivity contribution is 6.33. The zero-order valence-electron chi connectivity index (χ0n) is 17.3. The lowest BCUT2D eigenvalue weighted by molar-refractivity contribution is 0.0844. The summed E-state index contributed by atoms with van der Waals surface area (Å²) in [5.41, 5.74) is 5.87.